The number of anilines is 1. The number of H-pyrrole nitrogens is 1. The molecule has 4 aromatic rings. The van der Waals surface area contributed by atoms with E-state index < -0.39 is 18.0 Å². The summed E-state index contributed by atoms with van der Waals surface area (Å²) in [6.45, 7) is 1.56. The van der Waals surface area contributed by atoms with E-state index in [9.17, 15) is 9.59 Å². The summed E-state index contributed by atoms with van der Waals surface area (Å²) in [5.74, 6) is -0.809. The van der Waals surface area contributed by atoms with Crippen molar-refractivity contribution in [2.45, 2.75) is 25.9 Å². The van der Waals surface area contributed by atoms with E-state index in [1.54, 1.807) is 6.92 Å². The molecule has 2 aromatic carbocycles. The molecule has 0 saturated heterocycles. The van der Waals surface area contributed by atoms with Crippen LogP contribution in [0.1, 0.15) is 18.9 Å². The summed E-state index contributed by atoms with van der Waals surface area (Å²) < 4.78 is 5.30. The molecule has 30 heavy (non-hydrogen) atoms. The second-order valence-corrected chi connectivity index (χ2v) is 7.74. The topological polar surface area (TPSA) is 84.1 Å². The molecule has 2 N–H and O–H groups in total. The fourth-order valence-corrected chi connectivity index (χ4v) is 3.89. The summed E-state index contributed by atoms with van der Waals surface area (Å²) in [6.07, 6.45) is 1.75. The number of amides is 1. The lowest BCUT2D eigenvalue weighted by molar-refractivity contribution is -0.153. The molecule has 1 atom stereocenters. The van der Waals surface area contributed by atoms with E-state index in [2.05, 4.69) is 15.3 Å². The van der Waals surface area contributed by atoms with E-state index >= 15 is 0 Å². The van der Waals surface area contributed by atoms with Crippen molar-refractivity contribution in [1.29, 1.82) is 0 Å². The molecule has 0 saturated carbocycles. The smallest absolute Gasteiger partial charge is 0.306 e. The molecule has 152 valence electrons. The van der Waals surface area contributed by atoms with E-state index in [0.29, 0.717) is 11.6 Å². The van der Waals surface area contributed by atoms with Crippen LogP contribution in [0.15, 0.2) is 66.2 Å². The molecule has 2 aromatic heterocycles. The maximum atomic E-state index is 12.4. The molecule has 0 unspecified atom stereocenters. The highest BCUT2D eigenvalue weighted by atomic mass is 32.1. The number of para-hydroxylation sites is 1. The molecule has 0 aliphatic carbocycles. The van der Waals surface area contributed by atoms with Gasteiger partial charge in [-0.1, -0.05) is 48.5 Å². The van der Waals surface area contributed by atoms with Crippen LogP contribution in [0.2, 0.25) is 0 Å². The van der Waals surface area contributed by atoms with E-state index in [0.717, 1.165) is 27.7 Å². The fourth-order valence-electron chi connectivity index (χ4n) is 3.16. The number of esters is 1. The third kappa shape index (κ3) is 4.58. The number of fused-ring (bicyclic) bond motifs is 1. The number of hydrogen-bond acceptors (Lipinski definition) is 5. The largest absolute Gasteiger partial charge is 0.453 e. The number of hydrogen-bond donors (Lipinski definition) is 2. The number of benzene rings is 2. The molecular weight excluding hydrogens is 398 g/mol. The Hall–Kier alpha value is -3.45. The Morgan fingerprint density at radius 1 is 1.13 bits per heavy atom. The highest BCUT2D eigenvalue weighted by Crippen LogP contribution is 2.25. The van der Waals surface area contributed by atoms with Gasteiger partial charge < -0.3 is 9.72 Å². The molecule has 2 heterocycles. The van der Waals surface area contributed by atoms with Crippen LogP contribution in [0.25, 0.3) is 22.2 Å². The van der Waals surface area contributed by atoms with Crippen molar-refractivity contribution in [2.75, 3.05) is 5.32 Å². The normalized spacial score (nSPS) is 11.9. The van der Waals surface area contributed by atoms with E-state index in [1.807, 2.05) is 66.2 Å². The first kappa shape index (κ1) is 19.8. The Morgan fingerprint density at radius 3 is 2.73 bits per heavy atom. The number of carbonyl (C=O) groups excluding carboxylic acids is 2. The SMILES string of the molecule is C[C@H](OC(=O)CCc1c[nH]c2ccccc12)C(=O)Nc1nc(-c2ccccc2)cs1. The fraction of sp³-hybridized carbons (Fsp3) is 0.174. The number of aryl methyl sites for hydroxylation is 1. The molecule has 0 spiro atoms. The zero-order valence-corrected chi connectivity index (χ0v) is 17.2. The lowest BCUT2D eigenvalue weighted by Crippen LogP contribution is -2.30. The number of carbonyl (C=O) groups is 2. The van der Waals surface area contributed by atoms with Crippen LogP contribution in [0.4, 0.5) is 5.13 Å². The highest BCUT2D eigenvalue weighted by Gasteiger charge is 2.19. The number of nitrogens with zero attached hydrogens (tertiary/aromatic N) is 1. The predicted octanol–water partition coefficient (Wildman–Crippen LogP) is 4.79. The van der Waals surface area contributed by atoms with Crippen molar-refractivity contribution in [1.82, 2.24) is 9.97 Å². The van der Waals surface area contributed by atoms with Crippen molar-refractivity contribution < 1.29 is 14.3 Å². The Kier molecular flexibility index (Phi) is 5.90. The number of rotatable bonds is 7. The minimum atomic E-state index is -0.899. The van der Waals surface area contributed by atoms with Crippen molar-refractivity contribution in [3.63, 3.8) is 0 Å². The first-order valence-corrected chi connectivity index (χ1v) is 10.5. The maximum Gasteiger partial charge on any atom is 0.306 e. The van der Waals surface area contributed by atoms with Crippen LogP contribution in [0, 0.1) is 0 Å². The monoisotopic (exact) mass is 419 g/mol. The molecule has 0 bridgehead atoms. The van der Waals surface area contributed by atoms with Crippen LogP contribution in [0.5, 0.6) is 0 Å². The quantitative estimate of drug-likeness (QED) is 0.422. The highest BCUT2D eigenvalue weighted by molar-refractivity contribution is 7.14. The van der Waals surface area contributed by atoms with Gasteiger partial charge in [-0.2, -0.15) is 0 Å². The first-order valence-electron chi connectivity index (χ1n) is 9.66. The predicted molar refractivity (Wildman–Crippen MR) is 118 cm³/mol. The van der Waals surface area contributed by atoms with Gasteiger partial charge in [-0.3, -0.25) is 14.9 Å². The maximum absolute atomic E-state index is 12.4. The molecule has 0 aliphatic rings. The minimum absolute atomic E-state index is 0.203. The Labute approximate surface area is 177 Å². The first-order chi connectivity index (χ1) is 14.6. The second-order valence-electron chi connectivity index (χ2n) is 6.88. The van der Waals surface area contributed by atoms with Gasteiger partial charge in [-0.25, -0.2) is 4.98 Å². The lowest BCUT2D eigenvalue weighted by Gasteiger charge is -2.12. The number of aromatic nitrogens is 2. The summed E-state index contributed by atoms with van der Waals surface area (Å²) in [5, 5.41) is 6.16. The summed E-state index contributed by atoms with van der Waals surface area (Å²) in [4.78, 5) is 32.2. The van der Waals surface area contributed by atoms with Gasteiger partial charge in [0.15, 0.2) is 11.2 Å². The van der Waals surface area contributed by atoms with Crippen LogP contribution in [-0.4, -0.2) is 27.9 Å². The average molecular weight is 420 g/mol. The van der Waals surface area contributed by atoms with Gasteiger partial charge in [0.25, 0.3) is 5.91 Å². The summed E-state index contributed by atoms with van der Waals surface area (Å²) in [6, 6.07) is 17.7. The summed E-state index contributed by atoms with van der Waals surface area (Å²) >= 11 is 1.33. The lowest BCUT2D eigenvalue weighted by atomic mass is 10.1. The zero-order chi connectivity index (χ0) is 20.9. The van der Waals surface area contributed by atoms with Gasteiger partial charge >= 0.3 is 5.97 Å². The molecular formula is C23H21N3O3S. The molecule has 0 aliphatic heterocycles. The summed E-state index contributed by atoms with van der Waals surface area (Å²) in [5.41, 5.74) is 3.85. The molecule has 7 heteroatoms. The Bertz CT molecular complexity index is 1170. The average Bonchev–Trinajstić information content (AvgIpc) is 3.40. The van der Waals surface area contributed by atoms with Gasteiger partial charge in [0.1, 0.15) is 0 Å². The number of ether oxygens (including phenoxy) is 1. The number of thiazole rings is 1. The van der Waals surface area contributed by atoms with E-state index in [4.69, 9.17) is 4.74 Å². The summed E-state index contributed by atoms with van der Waals surface area (Å²) in [7, 11) is 0. The molecule has 6 nitrogen and oxygen atoms in total. The van der Waals surface area contributed by atoms with Crippen molar-refractivity contribution in [2.24, 2.45) is 0 Å². The van der Waals surface area contributed by atoms with Gasteiger partial charge in [0, 0.05) is 34.5 Å². The number of nitrogens with one attached hydrogen (secondary N) is 2. The molecule has 0 radical (unpaired) electrons. The van der Waals surface area contributed by atoms with Crippen LogP contribution in [-0.2, 0) is 20.7 Å². The van der Waals surface area contributed by atoms with Gasteiger partial charge in [-0.15, -0.1) is 11.3 Å². The van der Waals surface area contributed by atoms with Crippen molar-refractivity contribution in [3.05, 3.63) is 71.7 Å². The third-order valence-electron chi connectivity index (χ3n) is 4.75. The molecule has 1 amide bonds. The third-order valence-corrected chi connectivity index (χ3v) is 5.51. The van der Waals surface area contributed by atoms with E-state index in [1.165, 1.54) is 11.3 Å². The van der Waals surface area contributed by atoms with E-state index in [-0.39, 0.29) is 6.42 Å². The minimum Gasteiger partial charge on any atom is -0.453 e. The number of aromatic amines is 1. The zero-order valence-electron chi connectivity index (χ0n) is 16.4. The Balaban J connectivity index is 1.29. The van der Waals surface area contributed by atoms with Crippen molar-refractivity contribution >= 4 is 39.2 Å². The Morgan fingerprint density at radius 2 is 1.90 bits per heavy atom. The van der Waals surface area contributed by atoms with Crippen LogP contribution < -0.4 is 5.32 Å². The van der Waals surface area contributed by atoms with Crippen LogP contribution in [0.3, 0.4) is 0 Å². The van der Waals surface area contributed by atoms with Gasteiger partial charge in [0.2, 0.25) is 0 Å². The van der Waals surface area contributed by atoms with Gasteiger partial charge in [-0.05, 0) is 25.0 Å². The second kappa shape index (κ2) is 8.92. The van der Waals surface area contributed by atoms with Gasteiger partial charge in [0.05, 0.1) is 5.69 Å². The van der Waals surface area contributed by atoms with Crippen LogP contribution >= 0.6 is 11.3 Å². The molecule has 0 fully saturated rings. The standard InChI is InChI=1S/C23H21N3O3S/c1-15(22(28)26-23-25-20(14-30-23)16-7-3-2-4-8-16)29-21(27)12-11-17-13-24-19-10-6-5-9-18(17)19/h2-10,13-15,24H,11-12H2,1H3,(H,25,26,28)/t15-/m0/s1. The molecule has 4 rings (SSSR count). The van der Waals surface area contributed by atoms with Crippen molar-refractivity contribution in [3.8, 4) is 11.3 Å².